The minimum atomic E-state index is 0.408. The van der Waals surface area contributed by atoms with Crippen molar-refractivity contribution >= 4 is 5.82 Å². The Balaban J connectivity index is 1.66. The van der Waals surface area contributed by atoms with Crippen molar-refractivity contribution in [3.63, 3.8) is 0 Å². The Bertz CT molecular complexity index is 664. The van der Waals surface area contributed by atoms with Gasteiger partial charge in [-0.2, -0.15) is 0 Å². The molecule has 0 aliphatic heterocycles. The fraction of sp³-hybridized carbons (Fsp3) is 0.412. The number of hydrogen-bond acceptors (Lipinski definition) is 4. The van der Waals surface area contributed by atoms with E-state index in [1.165, 1.54) is 24.0 Å². The SMILES string of the molecule is NNc1cc(C2CC2)nc(C2CCc3ccccc3C2)n1. The van der Waals surface area contributed by atoms with Gasteiger partial charge >= 0.3 is 0 Å². The predicted molar refractivity (Wildman–Crippen MR) is 83.0 cm³/mol. The maximum Gasteiger partial charge on any atom is 0.143 e. The Kier molecular flexibility index (Phi) is 3.11. The first kappa shape index (κ1) is 12.8. The van der Waals surface area contributed by atoms with Crippen LogP contribution in [-0.2, 0) is 12.8 Å². The second-order valence-electron chi connectivity index (χ2n) is 6.16. The van der Waals surface area contributed by atoms with Crippen molar-refractivity contribution in [2.24, 2.45) is 5.84 Å². The van der Waals surface area contributed by atoms with Crippen molar-refractivity contribution in [2.75, 3.05) is 5.43 Å². The third kappa shape index (κ3) is 2.51. The van der Waals surface area contributed by atoms with Crippen molar-refractivity contribution in [2.45, 2.75) is 43.9 Å². The lowest BCUT2D eigenvalue weighted by Crippen LogP contribution is -2.18. The van der Waals surface area contributed by atoms with E-state index in [2.05, 4.69) is 34.7 Å². The Morgan fingerprint density at radius 1 is 1.00 bits per heavy atom. The maximum atomic E-state index is 5.57. The van der Waals surface area contributed by atoms with E-state index in [4.69, 9.17) is 10.8 Å². The van der Waals surface area contributed by atoms with Gasteiger partial charge in [-0.3, -0.25) is 0 Å². The lowest BCUT2D eigenvalue weighted by atomic mass is 9.83. The Morgan fingerprint density at radius 2 is 1.81 bits per heavy atom. The summed E-state index contributed by atoms with van der Waals surface area (Å²) in [7, 11) is 0. The summed E-state index contributed by atoms with van der Waals surface area (Å²) in [6, 6.07) is 10.7. The number of hydrogen-bond donors (Lipinski definition) is 2. The lowest BCUT2D eigenvalue weighted by Gasteiger charge is -2.24. The number of hydrazine groups is 1. The molecule has 1 unspecified atom stereocenters. The zero-order chi connectivity index (χ0) is 14.2. The molecule has 3 N–H and O–H groups in total. The normalized spacial score (nSPS) is 20.9. The third-order valence-electron chi connectivity index (χ3n) is 4.62. The van der Waals surface area contributed by atoms with Crippen LogP contribution in [0.3, 0.4) is 0 Å². The molecule has 0 radical (unpaired) electrons. The molecule has 0 spiro atoms. The highest BCUT2D eigenvalue weighted by Gasteiger charge is 2.28. The number of fused-ring (bicyclic) bond motifs is 1. The van der Waals surface area contributed by atoms with E-state index in [9.17, 15) is 0 Å². The molecule has 1 aromatic heterocycles. The summed E-state index contributed by atoms with van der Waals surface area (Å²) in [5.41, 5.74) is 6.77. The second kappa shape index (κ2) is 5.11. The Morgan fingerprint density at radius 3 is 2.57 bits per heavy atom. The van der Waals surface area contributed by atoms with E-state index in [0.717, 1.165) is 36.6 Å². The highest BCUT2D eigenvalue weighted by atomic mass is 15.3. The molecule has 2 aromatic rings. The van der Waals surface area contributed by atoms with Gasteiger partial charge in [0, 0.05) is 23.6 Å². The summed E-state index contributed by atoms with van der Waals surface area (Å²) in [6.07, 6.45) is 5.76. The van der Waals surface area contributed by atoms with Crippen LogP contribution in [0.15, 0.2) is 30.3 Å². The van der Waals surface area contributed by atoms with Crippen LogP contribution in [0.4, 0.5) is 5.82 Å². The van der Waals surface area contributed by atoms with Crippen LogP contribution < -0.4 is 11.3 Å². The Labute approximate surface area is 124 Å². The average molecular weight is 280 g/mol. The van der Waals surface area contributed by atoms with Gasteiger partial charge in [-0.15, -0.1) is 0 Å². The molecular weight excluding hydrogens is 260 g/mol. The van der Waals surface area contributed by atoms with Gasteiger partial charge in [0.15, 0.2) is 0 Å². The number of rotatable bonds is 3. The van der Waals surface area contributed by atoms with E-state index < -0.39 is 0 Å². The van der Waals surface area contributed by atoms with Gasteiger partial charge in [0.2, 0.25) is 0 Å². The monoisotopic (exact) mass is 280 g/mol. The molecule has 4 nitrogen and oxygen atoms in total. The number of aryl methyl sites for hydroxylation is 1. The number of anilines is 1. The highest BCUT2D eigenvalue weighted by Crippen LogP contribution is 2.40. The van der Waals surface area contributed by atoms with Crippen LogP contribution in [-0.4, -0.2) is 9.97 Å². The molecule has 2 aliphatic carbocycles. The smallest absolute Gasteiger partial charge is 0.143 e. The van der Waals surface area contributed by atoms with Gasteiger partial charge in [-0.1, -0.05) is 24.3 Å². The van der Waals surface area contributed by atoms with Crippen molar-refractivity contribution < 1.29 is 0 Å². The molecule has 0 amide bonds. The topological polar surface area (TPSA) is 63.8 Å². The second-order valence-corrected chi connectivity index (χ2v) is 6.16. The summed E-state index contributed by atoms with van der Waals surface area (Å²) in [5.74, 6) is 8.31. The molecular formula is C17H20N4. The molecule has 1 atom stereocenters. The number of nitrogen functional groups attached to an aromatic ring is 1. The van der Waals surface area contributed by atoms with Gasteiger partial charge in [0.1, 0.15) is 11.6 Å². The van der Waals surface area contributed by atoms with Gasteiger partial charge in [0.25, 0.3) is 0 Å². The maximum absolute atomic E-state index is 5.57. The van der Waals surface area contributed by atoms with E-state index in [0.29, 0.717) is 11.8 Å². The molecule has 4 rings (SSSR count). The Hall–Kier alpha value is -1.94. The van der Waals surface area contributed by atoms with E-state index in [1.54, 1.807) is 0 Å². The molecule has 0 saturated heterocycles. The molecule has 0 bridgehead atoms. The number of nitrogens with zero attached hydrogens (tertiary/aromatic N) is 2. The van der Waals surface area contributed by atoms with Crippen LogP contribution in [0.5, 0.6) is 0 Å². The summed E-state index contributed by atoms with van der Waals surface area (Å²) < 4.78 is 0. The van der Waals surface area contributed by atoms with Crippen molar-refractivity contribution in [1.29, 1.82) is 0 Å². The quantitative estimate of drug-likeness (QED) is 0.670. The molecule has 4 heteroatoms. The third-order valence-corrected chi connectivity index (χ3v) is 4.62. The van der Waals surface area contributed by atoms with E-state index in [-0.39, 0.29) is 0 Å². The molecule has 1 saturated carbocycles. The van der Waals surface area contributed by atoms with E-state index in [1.807, 2.05) is 6.07 Å². The summed E-state index contributed by atoms with van der Waals surface area (Å²) in [6.45, 7) is 0. The number of benzene rings is 1. The van der Waals surface area contributed by atoms with E-state index >= 15 is 0 Å². The van der Waals surface area contributed by atoms with Crippen molar-refractivity contribution in [3.8, 4) is 0 Å². The summed E-state index contributed by atoms with van der Waals surface area (Å²) in [5, 5.41) is 0. The van der Waals surface area contributed by atoms with Gasteiger partial charge in [-0.05, 0) is 43.2 Å². The summed E-state index contributed by atoms with van der Waals surface area (Å²) >= 11 is 0. The fourth-order valence-corrected chi connectivity index (χ4v) is 3.25. The van der Waals surface area contributed by atoms with Crippen LogP contribution in [0.1, 0.15) is 53.7 Å². The minimum absolute atomic E-state index is 0.408. The van der Waals surface area contributed by atoms with Crippen LogP contribution in [0, 0.1) is 0 Å². The first-order chi connectivity index (χ1) is 10.3. The molecule has 2 aliphatic rings. The van der Waals surface area contributed by atoms with Crippen LogP contribution >= 0.6 is 0 Å². The van der Waals surface area contributed by atoms with Crippen LogP contribution in [0.25, 0.3) is 0 Å². The molecule has 1 fully saturated rings. The van der Waals surface area contributed by atoms with Crippen molar-refractivity contribution in [3.05, 3.63) is 53.0 Å². The van der Waals surface area contributed by atoms with Gasteiger partial charge in [0.05, 0.1) is 0 Å². The zero-order valence-electron chi connectivity index (χ0n) is 12.0. The number of nitrogens with two attached hydrogens (primary N) is 1. The first-order valence-corrected chi connectivity index (χ1v) is 7.76. The minimum Gasteiger partial charge on any atom is -0.308 e. The van der Waals surface area contributed by atoms with Crippen LogP contribution in [0.2, 0.25) is 0 Å². The molecule has 108 valence electrons. The largest absolute Gasteiger partial charge is 0.308 e. The summed E-state index contributed by atoms with van der Waals surface area (Å²) in [4.78, 5) is 9.44. The fourth-order valence-electron chi connectivity index (χ4n) is 3.25. The standard InChI is InChI=1S/C17H20N4/c18-21-16-10-15(12-6-7-12)19-17(20-16)14-8-5-11-3-1-2-4-13(11)9-14/h1-4,10,12,14H,5-9,18H2,(H,19,20,21). The number of aromatic nitrogens is 2. The lowest BCUT2D eigenvalue weighted by molar-refractivity contribution is 0.552. The highest BCUT2D eigenvalue weighted by molar-refractivity contribution is 5.38. The molecule has 1 heterocycles. The van der Waals surface area contributed by atoms with Gasteiger partial charge < -0.3 is 5.43 Å². The number of nitrogens with one attached hydrogen (secondary N) is 1. The molecule has 21 heavy (non-hydrogen) atoms. The predicted octanol–water partition coefficient (Wildman–Crippen LogP) is 2.91. The average Bonchev–Trinajstić information content (AvgIpc) is 3.39. The van der Waals surface area contributed by atoms with Crippen molar-refractivity contribution in [1.82, 2.24) is 9.97 Å². The first-order valence-electron chi connectivity index (χ1n) is 7.76. The zero-order valence-corrected chi connectivity index (χ0v) is 12.0. The van der Waals surface area contributed by atoms with Gasteiger partial charge in [-0.25, -0.2) is 15.8 Å². The molecule has 1 aromatic carbocycles.